The number of hydrogen-bond donors (Lipinski definition) is 1. The van der Waals surface area contributed by atoms with Gasteiger partial charge in [-0.1, -0.05) is 6.07 Å². The number of pyridine rings is 1. The normalized spacial score (nSPS) is 12.1. The molecule has 1 N–H and O–H groups in total. The van der Waals surface area contributed by atoms with Gasteiger partial charge in [0.1, 0.15) is 17.9 Å². The Morgan fingerprint density at radius 1 is 1.20 bits per heavy atom. The molecule has 0 spiro atoms. The van der Waals surface area contributed by atoms with E-state index in [1.165, 1.54) is 6.07 Å². The summed E-state index contributed by atoms with van der Waals surface area (Å²) in [6.45, 7) is 3.22. The monoisotopic (exact) mass is 340 g/mol. The third kappa shape index (κ3) is 4.58. The Balaban J connectivity index is 1.52. The fraction of sp³-hybridized carbons (Fsp3) is 0.263. The molecule has 0 fully saturated rings. The second-order valence-corrected chi connectivity index (χ2v) is 5.76. The molecule has 0 saturated heterocycles. The molecule has 0 aliphatic carbocycles. The van der Waals surface area contributed by atoms with Crippen LogP contribution in [0.25, 0.3) is 11.0 Å². The number of benzene rings is 1. The number of rotatable bonds is 7. The molecule has 0 aliphatic heterocycles. The standard InChI is InChI=1S/C19H20N2O4/c1-13(20-10-14-3-7-18(23-2)21-11-14)12-24-16-6-4-15-5-8-19(22)25-17(15)9-16/h3-9,11,13,20H,10,12H2,1-2H3. The molecule has 0 amide bonds. The van der Waals surface area contributed by atoms with Gasteiger partial charge in [-0.2, -0.15) is 0 Å². The molecule has 130 valence electrons. The van der Waals surface area contributed by atoms with E-state index in [1.54, 1.807) is 25.4 Å². The summed E-state index contributed by atoms with van der Waals surface area (Å²) < 4.78 is 16.0. The van der Waals surface area contributed by atoms with Gasteiger partial charge >= 0.3 is 5.63 Å². The highest BCUT2D eigenvalue weighted by molar-refractivity contribution is 5.77. The quantitative estimate of drug-likeness (QED) is 0.667. The smallest absolute Gasteiger partial charge is 0.336 e. The summed E-state index contributed by atoms with van der Waals surface area (Å²) in [5.74, 6) is 1.27. The summed E-state index contributed by atoms with van der Waals surface area (Å²) in [4.78, 5) is 15.5. The second kappa shape index (κ2) is 7.81. The largest absolute Gasteiger partial charge is 0.492 e. The number of nitrogens with zero attached hydrogens (tertiary/aromatic N) is 1. The molecule has 1 atom stereocenters. The molecule has 2 aromatic heterocycles. The summed E-state index contributed by atoms with van der Waals surface area (Å²) in [5, 5.41) is 4.24. The molecule has 3 aromatic rings. The average Bonchev–Trinajstić information content (AvgIpc) is 2.64. The third-order valence-electron chi connectivity index (χ3n) is 3.76. The SMILES string of the molecule is COc1ccc(CNC(C)COc2ccc3ccc(=O)oc3c2)cn1. The molecule has 1 unspecified atom stereocenters. The molecular formula is C19H20N2O4. The third-order valence-corrected chi connectivity index (χ3v) is 3.76. The van der Waals surface area contributed by atoms with E-state index < -0.39 is 0 Å². The van der Waals surface area contributed by atoms with Gasteiger partial charge in [0, 0.05) is 42.4 Å². The molecule has 3 rings (SSSR count). The number of aromatic nitrogens is 1. The summed E-state index contributed by atoms with van der Waals surface area (Å²) in [6.07, 6.45) is 1.78. The Morgan fingerprint density at radius 2 is 2.04 bits per heavy atom. The van der Waals surface area contributed by atoms with Crippen molar-refractivity contribution in [2.75, 3.05) is 13.7 Å². The zero-order chi connectivity index (χ0) is 17.6. The zero-order valence-electron chi connectivity index (χ0n) is 14.2. The highest BCUT2D eigenvalue weighted by Crippen LogP contribution is 2.19. The van der Waals surface area contributed by atoms with Gasteiger partial charge in [0.2, 0.25) is 5.88 Å². The minimum absolute atomic E-state index is 0.139. The van der Waals surface area contributed by atoms with Crippen LogP contribution in [0.3, 0.4) is 0 Å². The maximum Gasteiger partial charge on any atom is 0.336 e. The molecule has 0 saturated carbocycles. The van der Waals surface area contributed by atoms with Crippen molar-refractivity contribution >= 4 is 11.0 Å². The van der Waals surface area contributed by atoms with Gasteiger partial charge in [0.05, 0.1) is 7.11 Å². The number of methoxy groups -OCH3 is 1. The molecule has 0 bridgehead atoms. The first kappa shape index (κ1) is 17.0. The van der Waals surface area contributed by atoms with Crippen molar-refractivity contribution in [3.05, 3.63) is 64.6 Å². The van der Waals surface area contributed by atoms with Crippen molar-refractivity contribution in [2.24, 2.45) is 0 Å². The number of fused-ring (bicyclic) bond motifs is 1. The predicted octanol–water partition coefficient (Wildman–Crippen LogP) is 2.75. The van der Waals surface area contributed by atoms with Crippen LogP contribution in [0.4, 0.5) is 0 Å². The average molecular weight is 340 g/mol. The van der Waals surface area contributed by atoms with Crippen LogP contribution in [0.1, 0.15) is 12.5 Å². The minimum Gasteiger partial charge on any atom is -0.492 e. The molecule has 2 heterocycles. The predicted molar refractivity (Wildman–Crippen MR) is 95.1 cm³/mol. The van der Waals surface area contributed by atoms with Crippen LogP contribution in [0, 0.1) is 0 Å². The number of hydrogen-bond acceptors (Lipinski definition) is 6. The van der Waals surface area contributed by atoms with Crippen LogP contribution in [-0.2, 0) is 6.54 Å². The van der Waals surface area contributed by atoms with Gasteiger partial charge in [-0.15, -0.1) is 0 Å². The van der Waals surface area contributed by atoms with Crippen LogP contribution in [0.5, 0.6) is 11.6 Å². The van der Waals surface area contributed by atoms with E-state index in [2.05, 4.69) is 10.3 Å². The lowest BCUT2D eigenvalue weighted by atomic mass is 10.2. The fourth-order valence-corrected chi connectivity index (χ4v) is 2.34. The van der Waals surface area contributed by atoms with Gasteiger partial charge < -0.3 is 19.2 Å². The number of nitrogens with one attached hydrogen (secondary N) is 1. The van der Waals surface area contributed by atoms with Crippen molar-refractivity contribution < 1.29 is 13.9 Å². The summed E-state index contributed by atoms with van der Waals surface area (Å²) in [5.41, 5.74) is 1.22. The first-order valence-electron chi connectivity index (χ1n) is 8.03. The lowest BCUT2D eigenvalue weighted by Gasteiger charge is -2.15. The minimum atomic E-state index is -0.368. The Kier molecular flexibility index (Phi) is 5.30. The van der Waals surface area contributed by atoms with E-state index in [1.807, 2.05) is 31.2 Å². The first-order chi connectivity index (χ1) is 12.1. The van der Waals surface area contributed by atoms with Crippen LogP contribution in [0.15, 0.2) is 57.9 Å². The highest BCUT2D eigenvalue weighted by Gasteiger charge is 2.05. The van der Waals surface area contributed by atoms with E-state index in [0.717, 1.165) is 10.9 Å². The molecule has 6 nitrogen and oxygen atoms in total. The summed E-state index contributed by atoms with van der Waals surface area (Å²) >= 11 is 0. The highest BCUT2D eigenvalue weighted by atomic mass is 16.5. The van der Waals surface area contributed by atoms with E-state index in [9.17, 15) is 4.79 Å². The lowest BCUT2D eigenvalue weighted by molar-refractivity contribution is 0.272. The van der Waals surface area contributed by atoms with Crippen molar-refractivity contribution in [1.82, 2.24) is 10.3 Å². The Morgan fingerprint density at radius 3 is 2.80 bits per heavy atom. The van der Waals surface area contributed by atoms with Crippen molar-refractivity contribution in [2.45, 2.75) is 19.5 Å². The molecule has 25 heavy (non-hydrogen) atoms. The van der Waals surface area contributed by atoms with E-state index in [0.29, 0.717) is 30.4 Å². The summed E-state index contributed by atoms with van der Waals surface area (Å²) in [7, 11) is 1.59. The lowest BCUT2D eigenvalue weighted by Crippen LogP contribution is -2.31. The second-order valence-electron chi connectivity index (χ2n) is 5.76. The van der Waals surface area contributed by atoms with Gasteiger partial charge in [-0.25, -0.2) is 9.78 Å². The fourth-order valence-electron chi connectivity index (χ4n) is 2.34. The van der Waals surface area contributed by atoms with Crippen LogP contribution >= 0.6 is 0 Å². The van der Waals surface area contributed by atoms with Gasteiger partial charge in [-0.05, 0) is 30.7 Å². The maximum atomic E-state index is 11.3. The molecule has 0 radical (unpaired) electrons. The van der Waals surface area contributed by atoms with E-state index in [-0.39, 0.29) is 11.7 Å². The van der Waals surface area contributed by atoms with Crippen molar-refractivity contribution in [3.8, 4) is 11.6 Å². The molecule has 0 aliphatic rings. The molecular weight excluding hydrogens is 320 g/mol. The van der Waals surface area contributed by atoms with Gasteiger partial charge in [-0.3, -0.25) is 0 Å². The Labute approximate surface area is 145 Å². The topological polar surface area (TPSA) is 73.6 Å². The summed E-state index contributed by atoms with van der Waals surface area (Å²) in [6, 6.07) is 12.5. The van der Waals surface area contributed by atoms with E-state index in [4.69, 9.17) is 13.9 Å². The van der Waals surface area contributed by atoms with Crippen molar-refractivity contribution in [3.63, 3.8) is 0 Å². The molecule has 6 heteroatoms. The number of ether oxygens (including phenoxy) is 2. The van der Waals surface area contributed by atoms with Crippen molar-refractivity contribution in [1.29, 1.82) is 0 Å². The zero-order valence-corrected chi connectivity index (χ0v) is 14.2. The maximum absolute atomic E-state index is 11.3. The van der Waals surface area contributed by atoms with Crippen LogP contribution in [-0.4, -0.2) is 24.7 Å². The van der Waals surface area contributed by atoms with Gasteiger partial charge in [0.15, 0.2) is 0 Å². The van der Waals surface area contributed by atoms with Gasteiger partial charge in [0.25, 0.3) is 0 Å². The molecule has 1 aromatic carbocycles. The van der Waals surface area contributed by atoms with Crippen LogP contribution < -0.4 is 20.4 Å². The Hall–Kier alpha value is -2.86. The Bertz CT molecular complexity index is 890. The van der Waals surface area contributed by atoms with E-state index >= 15 is 0 Å². The first-order valence-corrected chi connectivity index (χ1v) is 8.03. The van der Waals surface area contributed by atoms with Crippen LogP contribution in [0.2, 0.25) is 0 Å².